The van der Waals surface area contributed by atoms with Crippen molar-refractivity contribution in [3.05, 3.63) is 77.5 Å². The van der Waals surface area contributed by atoms with Crippen molar-refractivity contribution in [1.29, 1.82) is 0 Å². The van der Waals surface area contributed by atoms with E-state index in [1.54, 1.807) is 0 Å². The smallest absolute Gasteiger partial charge is 0.140 e. The van der Waals surface area contributed by atoms with Crippen LogP contribution in [-0.4, -0.2) is 4.98 Å². The van der Waals surface area contributed by atoms with Gasteiger partial charge in [-0.2, -0.15) is 0 Å². The first-order valence-electron chi connectivity index (χ1n) is 12.7. The van der Waals surface area contributed by atoms with Crippen LogP contribution in [-0.2, 0) is 0 Å². The first-order chi connectivity index (χ1) is 16.6. The van der Waals surface area contributed by atoms with Gasteiger partial charge in [0, 0.05) is 17.3 Å². The van der Waals surface area contributed by atoms with Crippen LogP contribution in [0.15, 0.2) is 60.8 Å². The summed E-state index contributed by atoms with van der Waals surface area (Å²) in [6.07, 6.45) is 7.30. The Bertz CT molecular complexity index is 1620. The molecule has 7 rings (SSSR count). The summed E-state index contributed by atoms with van der Waals surface area (Å²) in [5, 5.41) is 7.47. The standard InChI is InChI=1S/C32H29NO/c1-18(2)29-25-10-8-19(3)14-22(25)16-27-31-30-26(12-13-33-31)24-11-9-21(20-6-4-5-7-20)15-23(24)17-28(30)34-32(27)29/h8-18,20H,4-7H2,1-3H3. The molecule has 1 aliphatic carbocycles. The predicted octanol–water partition coefficient (Wildman–Crippen LogP) is 9.40. The minimum absolute atomic E-state index is 0.343. The highest BCUT2D eigenvalue weighted by Crippen LogP contribution is 2.52. The number of aryl methyl sites for hydroxylation is 1. The molecule has 2 nitrogen and oxygen atoms in total. The van der Waals surface area contributed by atoms with Crippen molar-refractivity contribution in [3.63, 3.8) is 0 Å². The molecule has 5 aromatic rings. The van der Waals surface area contributed by atoms with Crippen molar-refractivity contribution in [2.45, 2.75) is 58.3 Å². The fourth-order valence-electron chi connectivity index (χ4n) is 6.40. The normalized spacial score (nSPS) is 15.4. The molecule has 168 valence electrons. The highest BCUT2D eigenvalue weighted by molar-refractivity contribution is 6.16. The van der Waals surface area contributed by atoms with Gasteiger partial charge in [0.1, 0.15) is 11.5 Å². The van der Waals surface area contributed by atoms with E-state index in [0.717, 1.165) is 28.1 Å². The molecule has 34 heavy (non-hydrogen) atoms. The number of hydrogen-bond donors (Lipinski definition) is 0. The summed E-state index contributed by atoms with van der Waals surface area (Å²) < 4.78 is 6.81. The largest absolute Gasteiger partial charge is 0.456 e. The Hall–Kier alpha value is -3.39. The van der Waals surface area contributed by atoms with E-state index < -0.39 is 0 Å². The summed E-state index contributed by atoms with van der Waals surface area (Å²) in [6.45, 7) is 6.68. The molecule has 0 atom stereocenters. The van der Waals surface area contributed by atoms with Gasteiger partial charge in [-0.05, 0) is 82.3 Å². The Balaban J connectivity index is 1.54. The van der Waals surface area contributed by atoms with Crippen molar-refractivity contribution in [2.75, 3.05) is 0 Å². The zero-order valence-electron chi connectivity index (χ0n) is 20.1. The van der Waals surface area contributed by atoms with Crippen LogP contribution in [0.2, 0.25) is 0 Å². The van der Waals surface area contributed by atoms with Crippen LogP contribution < -0.4 is 4.74 Å². The Morgan fingerprint density at radius 2 is 1.65 bits per heavy atom. The second-order valence-corrected chi connectivity index (χ2v) is 10.6. The van der Waals surface area contributed by atoms with Crippen LogP contribution in [0.1, 0.15) is 68.1 Å². The fourth-order valence-corrected chi connectivity index (χ4v) is 6.40. The van der Waals surface area contributed by atoms with Gasteiger partial charge >= 0.3 is 0 Å². The predicted molar refractivity (Wildman–Crippen MR) is 142 cm³/mol. The van der Waals surface area contributed by atoms with E-state index in [2.05, 4.69) is 75.4 Å². The second kappa shape index (κ2) is 7.30. The quantitative estimate of drug-likeness (QED) is 0.249. The Labute approximate surface area is 200 Å². The summed E-state index contributed by atoms with van der Waals surface area (Å²) in [5.41, 5.74) is 6.18. The minimum atomic E-state index is 0.343. The molecule has 1 fully saturated rings. The third-order valence-corrected chi connectivity index (χ3v) is 8.01. The summed E-state index contributed by atoms with van der Waals surface area (Å²) >= 11 is 0. The molecule has 1 aromatic heterocycles. The lowest BCUT2D eigenvalue weighted by atomic mass is 9.87. The third-order valence-electron chi connectivity index (χ3n) is 8.01. The van der Waals surface area contributed by atoms with E-state index >= 15 is 0 Å². The molecule has 0 N–H and O–H groups in total. The molecule has 0 saturated heterocycles. The van der Waals surface area contributed by atoms with Gasteiger partial charge in [0.2, 0.25) is 0 Å². The summed E-state index contributed by atoms with van der Waals surface area (Å²) in [6, 6.07) is 20.5. The van der Waals surface area contributed by atoms with E-state index in [1.165, 1.54) is 69.3 Å². The lowest BCUT2D eigenvalue weighted by molar-refractivity contribution is 0.478. The van der Waals surface area contributed by atoms with Crippen molar-refractivity contribution in [2.24, 2.45) is 0 Å². The zero-order valence-corrected chi connectivity index (χ0v) is 20.1. The minimum Gasteiger partial charge on any atom is -0.456 e. The van der Waals surface area contributed by atoms with Crippen molar-refractivity contribution >= 4 is 32.3 Å². The van der Waals surface area contributed by atoms with E-state index in [4.69, 9.17) is 9.72 Å². The third kappa shape index (κ3) is 2.84. The van der Waals surface area contributed by atoms with Gasteiger partial charge in [-0.1, -0.05) is 68.7 Å². The SMILES string of the molecule is Cc1ccc2c(C(C)C)c3c(cc2c1)-c1nccc2c1c(cc1cc(C4CCCC4)ccc12)O3. The van der Waals surface area contributed by atoms with Crippen LogP contribution in [0.3, 0.4) is 0 Å². The first kappa shape index (κ1) is 20.0. The van der Waals surface area contributed by atoms with Gasteiger partial charge in [0.25, 0.3) is 0 Å². The Morgan fingerprint density at radius 3 is 2.47 bits per heavy atom. The first-order valence-corrected chi connectivity index (χ1v) is 12.7. The van der Waals surface area contributed by atoms with Crippen LogP contribution in [0.25, 0.3) is 43.6 Å². The van der Waals surface area contributed by atoms with Crippen LogP contribution in [0.5, 0.6) is 11.5 Å². The maximum Gasteiger partial charge on any atom is 0.140 e. The summed E-state index contributed by atoms with van der Waals surface area (Å²) in [4.78, 5) is 4.92. The molecule has 2 heteroatoms. The molecule has 0 amide bonds. The maximum absolute atomic E-state index is 6.81. The van der Waals surface area contributed by atoms with Gasteiger partial charge in [-0.15, -0.1) is 0 Å². The van der Waals surface area contributed by atoms with E-state index in [0.29, 0.717) is 11.8 Å². The number of benzene rings is 4. The molecule has 2 aliphatic rings. The van der Waals surface area contributed by atoms with Crippen LogP contribution >= 0.6 is 0 Å². The molecular weight excluding hydrogens is 414 g/mol. The molecule has 2 heterocycles. The molecular formula is C32H29NO. The van der Waals surface area contributed by atoms with Crippen LogP contribution in [0.4, 0.5) is 0 Å². The molecule has 1 saturated carbocycles. The summed E-state index contributed by atoms with van der Waals surface area (Å²) in [5.74, 6) is 2.96. The lowest BCUT2D eigenvalue weighted by Gasteiger charge is -2.26. The fraction of sp³-hybridized carbons (Fsp3) is 0.281. The van der Waals surface area contributed by atoms with Gasteiger partial charge in [0.15, 0.2) is 0 Å². The van der Waals surface area contributed by atoms with Crippen molar-refractivity contribution in [3.8, 4) is 22.8 Å². The highest BCUT2D eigenvalue weighted by atomic mass is 16.5. The number of fused-ring (bicyclic) bond motifs is 5. The lowest BCUT2D eigenvalue weighted by Crippen LogP contribution is -2.04. The Morgan fingerprint density at radius 1 is 0.853 bits per heavy atom. The zero-order chi connectivity index (χ0) is 23.0. The van der Waals surface area contributed by atoms with E-state index in [-0.39, 0.29) is 0 Å². The van der Waals surface area contributed by atoms with Crippen molar-refractivity contribution in [1.82, 2.24) is 4.98 Å². The van der Waals surface area contributed by atoms with E-state index in [9.17, 15) is 0 Å². The molecule has 0 radical (unpaired) electrons. The summed E-state index contributed by atoms with van der Waals surface area (Å²) in [7, 11) is 0. The molecule has 4 aromatic carbocycles. The molecule has 0 bridgehead atoms. The number of nitrogens with zero attached hydrogens (tertiary/aromatic N) is 1. The molecule has 1 aliphatic heterocycles. The molecule has 0 unspecified atom stereocenters. The van der Waals surface area contributed by atoms with Crippen LogP contribution in [0, 0.1) is 6.92 Å². The number of ether oxygens (including phenoxy) is 1. The maximum atomic E-state index is 6.81. The van der Waals surface area contributed by atoms with Gasteiger partial charge in [0.05, 0.1) is 11.1 Å². The monoisotopic (exact) mass is 443 g/mol. The average molecular weight is 444 g/mol. The number of rotatable bonds is 2. The highest BCUT2D eigenvalue weighted by Gasteiger charge is 2.28. The number of aromatic nitrogens is 1. The average Bonchev–Trinajstić information content (AvgIpc) is 3.37. The van der Waals surface area contributed by atoms with Crippen molar-refractivity contribution < 1.29 is 4.74 Å². The van der Waals surface area contributed by atoms with E-state index in [1.807, 2.05) is 6.20 Å². The second-order valence-electron chi connectivity index (χ2n) is 10.6. The van der Waals surface area contributed by atoms with Gasteiger partial charge in [-0.25, -0.2) is 0 Å². The topological polar surface area (TPSA) is 22.1 Å². The number of pyridine rings is 1. The molecule has 0 spiro atoms. The number of hydrogen-bond acceptors (Lipinski definition) is 2. The van der Waals surface area contributed by atoms with Gasteiger partial charge in [-0.3, -0.25) is 4.98 Å². The Kier molecular flexibility index (Phi) is 4.30. The van der Waals surface area contributed by atoms with Gasteiger partial charge < -0.3 is 4.74 Å².